The van der Waals surface area contributed by atoms with Crippen LogP contribution >= 0.6 is 0 Å². The van der Waals surface area contributed by atoms with Crippen LogP contribution in [0.2, 0.25) is 0 Å². The second kappa shape index (κ2) is 28.7. The van der Waals surface area contributed by atoms with Crippen molar-refractivity contribution in [3.8, 4) is 0 Å². The molecule has 0 bridgehead atoms. The summed E-state index contributed by atoms with van der Waals surface area (Å²) in [6.45, 7) is 15.9. The quantitative estimate of drug-likeness (QED) is 0.272. The summed E-state index contributed by atoms with van der Waals surface area (Å²) in [5.74, 6) is -2.85. The minimum atomic E-state index is -0.935. The maximum absolute atomic E-state index is 9.60. The molecule has 10 heteroatoms. The van der Waals surface area contributed by atoms with E-state index in [2.05, 4.69) is 19.7 Å². The molecule has 0 atom stereocenters. The number of aliphatic hydroxyl groups is 4. The van der Waals surface area contributed by atoms with Crippen molar-refractivity contribution in [2.24, 2.45) is 5.92 Å². The van der Waals surface area contributed by atoms with E-state index < -0.39 is 17.9 Å². The van der Waals surface area contributed by atoms with E-state index in [1.165, 1.54) is 20.8 Å². The first-order chi connectivity index (χ1) is 13.7. The molecule has 0 aliphatic carbocycles. The maximum atomic E-state index is 9.60. The molecule has 0 rings (SSSR count). The lowest BCUT2D eigenvalue weighted by molar-refractivity contribution is -0.133. The second-order valence-electron chi connectivity index (χ2n) is 5.67. The molecule has 0 aliphatic heterocycles. The van der Waals surface area contributed by atoms with E-state index in [1.54, 1.807) is 6.92 Å². The SMILES string of the molecule is C=C(C)C(=O)O.C=C(C)C(=O)O.C=C(C)C(=O)O.CCO.OCCCC(CO)CO. The topological polar surface area (TPSA) is 193 Å². The third-order valence-corrected chi connectivity index (χ3v) is 2.38. The number of hydrogen-bond donors (Lipinski definition) is 7. The average Bonchev–Trinajstić information content (AvgIpc) is 2.64. The highest BCUT2D eigenvalue weighted by Crippen LogP contribution is 2.02. The van der Waals surface area contributed by atoms with Crippen LogP contribution in [0.15, 0.2) is 36.5 Å². The molecule has 0 aliphatic rings. The number of rotatable bonds is 8. The zero-order valence-electron chi connectivity index (χ0n) is 18.3. The fourth-order valence-corrected chi connectivity index (χ4v) is 0.620. The van der Waals surface area contributed by atoms with E-state index in [9.17, 15) is 14.4 Å². The van der Waals surface area contributed by atoms with Crippen molar-refractivity contribution in [1.29, 1.82) is 0 Å². The van der Waals surface area contributed by atoms with Crippen molar-refractivity contribution in [3.63, 3.8) is 0 Å². The molecule has 0 aromatic heterocycles. The van der Waals surface area contributed by atoms with Gasteiger partial charge in [0, 0.05) is 49.1 Å². The molecule has 0 saturated heterocycles. The summed E-state index contributed by atoms with van der Waals surface area (Å²) in [4.78, 5) is 28.8. The lowest BCUT2D eigenvalue weighted by atomic mass is 10.1. The third kappa shape index (κ3) is 50.0. The summed E-state index contributed by atoms with van der Waals surface area (Å²) < 4.78 is 0. The fraction of sp³-hybridized carbons (Fsp3) is 0.550. The van der Waals surface area contributed by atoms with Gasteiger partial charge in [-0.1, -0.05) is 19.7 Å². The number of aliphatic carboxylic acids is 3. The minimum Gasteiger partial charge on any atom is -0.478 e. The van der Waals surface area contributed by atoms with Crippen LogP contribution in [-0.4, -0.2) is 80.1 Å². The van der Waals surface area contributed by atoms with Gasteiger partial charge in [0.1, 0.15) is 0 Å². The Morgan fingerprint density at radius 3 is 1.00 bits per heavy atom. The number of carboxylic acids is 3. The van der Waals surface area contributed by atoms with E-state index in [0.717, 1.165) is 0 Å². The van der Waals surface area contributed by atoms with Gasteiger partial charge in [-0.2, -0.15) is 0 Å². The van der Waals surface area contributed by atoms with Crippen LogP contribution in [0.3, 0.4) is 0 Å². The molecular weight excluding hydrogens is 400 g/mol. The smallest absolute Gasteiger partial charge is 0.330 e. The summed E-state index contributed by atoms with van der Waals surface area (Å²) in [6.07, 6.45) is 1.36. The molecular formula is C20H38O10. The molecule has 0 radical (unpaired) electrons. The molecule has 0 spiro atoms. The van der Waals surface area contributed by atoms with Crippen LogP contribution in [0.25, 0.3) is 0 Å². The first-order valence-electron chi connectivity index (χ1n) is 8.79. The van der Waals surface area contributed by atoms with Gasteiger partial charge in [-0.15, -0.1) is 0 Å². The van der Waals surface area contributed by atoms with E-state index in [-0.39, 0.29) is 49.1 Å². The average molecular weight is 439 g/mol. The highest BCUT2D eigenvalue weighted by atomic mass is 16.4. The Morgan fingerprint density at radius 1 is 0.700 bits per heavy atom. The third-order valence-electron chi connectivity index (χ3n) is 2.38. The highest BCUT2D eigenvalue weighted by molar-refractivity contribution is 5.85. The second-order valence-corrected chi connectivity index (χ2v) is 5.67. The molecule has 30 heavy (non-hydrogen) atoms. The lowest BCUT2D eigenvalue weighted by Gasteiger charge is -2.07. The Morgan fingerprint density at radius 2 is 0.900 bits per heavy atom. The van der Waals surface area contributed by atoms with Gasteiger partial charge in [-0.3, -0.25) is 0 Å². The van der Waals surface area contributed by atoms with Gasteiger partial charge in [-0.05, 0) is 40.5 Å². The monoisotopic (exact) mass is 438 g/mol. The Labute approximate surface area is 178 Å². The molecule has 7 N–H and O–H groups in total. The number of carbonyl (C=O) groups is 3. The molecule has 0 amide bonds. The summed E-state index contributed by atoms with van der Waals surface area (Å²) in [5, 5.41) is 56.6. The lowest BCUT2D eigenvalue weighted by Crippen LogP contribution is -2.11. The molecule has 0 saturated carbocycles. The molecule has 0 fully saturated rings. The molecule has 10 nitrogen and oxygen atoms in total. The number of hydrogen-bond acceptors (Lipinski definition) is 7. The van der Waals surface area contributed by atoms with Crippen molar-refractivity contribution in [3.05, 3.63) is 36.5 Å². The number of carboxylic acid groups (broad SMARTS) is 3. The van der Waals surface area contributed by atoms with E-state index >= 15 is 0 Å². The molecule has 0 heterocycles. The zero-order chi connectivity index (χ0) is 25.3. The van der Waals surface area contributed by atoms with E-state index in [1.807, 2.05) is 0 Å². The Kier molecular flexibility index (Phi) is 36.4. The van der Waals surface area contributed by atoms with Gasteiger partial charge in [-0.25, -0.2) is 14.4 Å². The maximum Gasteiger partial charge on any atom is 0.330 e. The van der Waals surface area contributed by atoms with Crippen molar-refractivity contribution in [2.45, 2.75) is 40.5 Å². The Balaban J connectivity index is -0.0000000900. The van der Waals surface area contributed by atoms with Crippen molar-refractivity contribution in [2.75, 3.05) is 26.4 Å². The summed E-state index contributed by atoms with van der Waals surface area (Å²) in [5.41, 5.74) is 0.528. The van der Waals surface area contributed by atoms with Gasteiger partial charge < -0.3 is 35.7 Å². The van der Waals surface area contributed by atoms with Gasteiger partial charge in [0.2, 0.25) is 0 Å². The zero-order valence-corrected chi connectivity index (χ0v) is 18.3. The normalized spacial score (nSPS) is 8.30. The number of aliphatic hydroxyl groups excluding tert-OH is 4. The highest BCUT2D eigenvalue weighted by Gasteiger charge is 2.03. The van der Waals surface area contributed by atoms with Crippen LogP contribution < -0.4 is 0 Å². The van der Waals surface area contributed by atoms with Crippen LogP contribution in [0.5, 0.6) is 0 Å². The predicted molar refractivity (Wildman–Crippen MR) is 114 cm³/mol. The summed E-state index contributed by atoms with van der Waals surface area (Å²) >= 11 is 0. The molecule has 0 unspecified atom stereocenters. The standard InChI is InChI=1S/C6H14O3.3C4H6O2.C2H6O/c7-3-1-2-6(4-8)5-9;3*1-3(2)4(5)6;1-2-3/h6-9H,1-5H2;3*1H2,2H3,(H,5,6);3H,2H2,1H3. The Hall–Kier alpha value is -2.53. The first kappa shape index (κ1) is 38.1. The van der Waals surface area contributed by atoms with Gasteiger partial charge in [0.25, 0.3) is 0 Å². The van der Waals surface area contributed by atoms with Crippen LogP contribution in [0, 0.1) is 5.92 Å². The van der Waals surface area contributed by atoms with Gasteiger partial charge >= 0.3 is 17.9 Å². The van der Waals surface area contributed by atoms with E-state index in [0.29, 0.717) is 12.8 Å². The van der Waals surface area contributed by atoms with Crippen LogP contribution in [-0.2, 0) is 14.4 Å². The van der Waals surface area contributed by atoms with Gasteiger partial charge in [0.05, 0.1) is 0 Å². The predicted octanol–water partition coefficient (Wildman–Crippen LogP) is 1.30. The first-order valence-corrected chi connectivity index (χ1v) is 8.79. The fourth-order valence-electron chi connectivity index (χ4n) is 0.620. The van der Waals surface area contributed by atoms with Crippen molar-refractivity contribution in [1.82, 2.24) is 0 Å². The largest absolute Gasteiger partial charge is 0.478 e. The van der Waals surface area contributed by atoms with Gasteiger partial charge in [0.15, 0.2) is 0 Å². The van der Waals surface area contributed by atoms with Crippen molar-refractivity contribution < 1.29 is 50.1 Å². The minimum absolute atomic E-state index is 0.0104. The molecule has 0 aromatic rings. The van der Waals surface area contributed by atoms with Crippen LogP contribution in [0.4, 0.5) is 0 Å². The molecule has 0 aromatic carbocycles. The Bertz CT molecular complexity index is 401. The summed E-state index contributed by atoms with van der Waals surface area (Å²) in [6, 6.07) is 0. The van der Waals surface area contributed by atoms with Crippen LogP contribution in [0.1, 0.15) is 40.5 Å². The van der Waals surface area contributed by atoms with Crippen molar-refractivity contribution >= 4 is 17.9 Å². The summed E-state index contributed by atoms with van der Waals surface area (Å²) in [7, 11) is 0. The van der Waals surface area contributed by atoms with E-state index in [4.69, 9.17) is 35.7 Å². The molecule has 178 valence electrons.